The zero-order valence-corrected chi connectivity index (χ0v) is 9.10. The Bertz CT molecular complexity index is 292. The maximum atomic E-state index is 13.6. The summed E-state index contributed by atoms with van der Waals surface area (Å²) in [6.45, 7) is 6.00. The average molecular weight is 195 g/mol. The molecule has 0 heterocycles. The van der Waals surface area contributed by atoms with E-state index in [1.165, 1.54) is 0 Å². The summed E-state index contributed by atoms with van der Waals surface area (Å²) >= 11 is 0. The molecule has 1 rings (SSSR count). The van der Waals surface area contributed by atoms with Gasteiger partial charge in [0.05, 0.1) is 5.69 Å². The molecule has 0 saturated carbocycles. The van der Waals surface area contributed by atoms with Gasteiger partial charge in [0.1, 0.15) is 5.82 Å². The summed E-state index contributed by atoms with van der Waals surface area (Å²) in [4.78, 5) is 0. The standard InChI is InChI=1S/C12H18FN/c1-4-10(5-2)14-11-8-6-7-9(3)12(11)13/h6-8,10,14H,4-5H2,1-3H3. The summed E-state index contributed by atoms with van der Waals surface area (Å²) in [5.74, 6) is -0.126. The van der Waals surface area contributed by atoms with Crippen molar-refractivity contribution in [3.8, 4) is 0 Å². The molecule has 0 atom stereocenters. The van der Waals surface area contributed by atoms with Crippen LogP contribution in [0.25, 0.3) is 0 Å². The Hall–Kier alpha value is -1.05. The number of nitrogens with one attached hydrogen (secondary N) is 1. The Morgan fingerprint density at radius 2 is 1.93 bits per heavy atom. The van der Waals surface area contributed by atoms with Gasteiger partial charge in [-0.1, -0.05) is 26.0 Å². The molecule has 0 bridgehead atoms. The molecule has 0 radical (unpaired) electrons. The second kappa shape index (κ2) is 4.99. The van der Waals surface area contributed by atoms with Crippen LogP contribution in [-0.2, 0) is 0 Å². The molecule has 0 fully saturated rings. The molecule has 14 heavy (non-hydrogen) atoms. The van der Waals surface area contributed by atoms with E-state index in [0.717, 1.165) is 12.8 Å². The lowest BCUT2D eigenvalue weighted by Gasteiger charge is -2.17. The summed E-state index contributed by atoms with van der Waals surface area (Å²) in [5, 5.41) is 3.21. The predicted molar refractivity (Wildman–Crippen MR) is 59.1 cm³/mol. The van der Waals surface area contributed by atoms with Gasteiger partial charge in [-0.3, -0.25) is 0 Å². The molecule has 2 heteroatoms. The monoisotopic (exact) mass is 195 g/mol. The van der Waals surface area contributed by atoms with Crippen LogP contribution >= 0.6 is 0 Å². The molecule has 0 amide bonds. The van der Waals surface area contributed by atoms with Crippen LogP contribution in [0.1, 0.15) is 32.3 Å². The molecule has 0 unspecified atom stereocenters. The van der Waals surface area contributed by atoms with Gasteiger partial charge >= 0.3 is 0 Å². The van der Waals surface area contributed by atoms with E-state index >= 15 is 0 Å². The molecule has 0 saturated heterocycles. The zero-order valence-electron chi connectivity index (χ0n) is 9.10. The Labute approximate surface area is 85.3 Å². The minimum Gasteiger partial charge on any atom is -0.380 e. The number of anilines is 1. The zero-order chi connectivity index (χ0) is 10.6. The average Bonchev–Trinajstić information content (AvgIpc) is 2.20. The van der Waals surface area contributed by atoms with E-state index in [1.807, 2.05) is 6.07 Å². The number of hydrogen-bond donors (Lipinski definition) is 1. The minimum atomic E-state index is -0.126. The summed E-state index contributed by atoms with van der Waals surface area (Å²) in [7, 11) is 0. The smallest absolute Gasteiger partial charge is 0.149 e. The van der Waals surface area contributed by atoms with Crippen LogP contribution in [0.15, 0.2) is 18.2 Å². The van der Waals surface area contributed by atoms with Crippen molar-refractivity contribution >= 4 is 5.69 Å². The molecule has 1 aromatic carbocycles. The number of rotatable bonds is 4. The first-order valence-electron chi connectivity index (χ1n) is 5.20. The highest BCUT2D eigenvalue weighted by atomic mass is 19.1. The Kier molecular flexibility index (Phi) is 3.93. The number of aryl methyl sites for hydroxylation is 1. The normalized spacial score (nSPS) is 10.6. The van der Waals surface area contributed by atoms with Gasteiger partial charge in [0.15, 0.2) is 0 Å². The molecule has 1 nitrogen and oxygen atoms in total. The van der Waals surface area contributed by atoms with Crippen molar-refractivity contribution in [2.75, 3.05) is 5.32 Å². The van der Waals surface area contributed by atoms with Gasteiger partial charge in [-0.05, 0) is 31.4 Å². The van der Waals surface area contributed by atoms with E-state index in [0.29, 0.717) is 17.3 Å². The number of benzene rings is 1. The van der Waals surface area contributed by atoms with Gasteiger partial charge in [-0.25, -0.2) is 4.39 Å². The van der Waals surface area contributed by atoms with Crippen LogP contribution in [0.5, 0.6) is 0 Å². The van der Waals surface area contributed by atoms with Crippen molar-refractivity contribution in [1.82, 2.24) is 0 Å². The maximum absolute atomic E-state index is 13.6. The molecular weight excluding hydrogens is 177 g/mol. The highest BCUT2D eigenvalue weighted by molar-refractivity contribution is 5.48. The highest BCUT2D eigenvalue weighted by Crippen LogP contribution is 2.19. The molecule has 0 aliphatic rings. The van der Waals surface area contributed by atoms with Gasteiger partial charge in [-0.2, -0.15) is 0 Å². The third-order valence-corrected chi connectivity index (χ3v) is 2.54. The topological polar surface area (TPSA) is 12.0 Å². The fraction of sp³-hybridized carbons (Fsp3) is 0.500. The van der Waals surface area contributed by atoms with Crippen LogP contribution < -0.4 is 5.32 Å². The van der Waals surface area contributed by atoms with Crippen LogP contribution in [0.4, 0.5) is 10.1 Å². The Morgan fingerprint density at radius 3 is 2.50 bits per heavy atom. The molecule has 0 aliphatic carbocycles. The molecule has 0 aliphatic heterocycles. The van der Waals surface area contributed by atoms with Gasteiger partial charge in [0.25, 0.3) is 0 Å². The second-order valence-corrected chi connectivity index (χ2v) is 3.59. The summed E-state index contributed by atoms with van der Waals surface area (Å²) in [6.07, 6.45) is 2.04. The van der Waals surface area contributed by atoms with Crippen molar-refractivity contribution in [3.63, 3.8) is 0 Å². The minimum absolute atomic E-state index is 0.126. The molecule has 78 valence electrons. The number of hydrogen-bond acceptors (Lipinski definition) is 1. The van der Waals surface area contributed by atoms with Gasteiger partial charge in [0.2, 0.25) is 0 Å². The Balaban J connectivity index is 2.80. The first-order valence-corrected chi connectivity index (χ1v) is 5.20. The fourth-order valence-corrected chi connectivity index (χ4v) is 1.47. The van der Waals surface area contributed by atoms with Gasteiger partial charge in [0, 0.05) is 6.04 Å². The van der Waals surface area contributed by atoms with Gasteiger partial charge < -0.3 is 5.32 Å². The first-order chi connectivity index (χ1) is 6.69. The molecule has 1 N–H and O–H groups in total. The van der Waals surface area contributed by atoms with Crippen LogP contribution in [0.2, 0.25) is 0 Å². The highest BCUT2D eigenvalue weighted by Gasteiger charge is 2.08. The first kappa shape index (κ1) is 11.0. The fourth-order valence-electron chi connectivity index (χ4n) is 1.47. The van der Waals surface area contributed by atoms with E-state index in [1.54, 1.807) is 19.1 Å². The quantitative estimate of drug-likeness (QED) is 0.771. The maximum Gasteiger partial charge on any atom is 0.149 e. The summed E-state index contributed by atoms with van der Waals surface area (Å²) < 4.78 is 13.6. The van der Waals surface area contributed by atoms with E-state index in [-0.39, 0.29) is 5.82 Å². The predicted octanol–water partition coefficient (Wildman–Crippen LogP) is 3.73. The Morgan fingerprint density at radius 1 is 1.29 bits per heavy atom. The van der Waals surface area contributed by atoms with E-state index in [2.05, 4.69) is 19.2 Å². The van der Waals surface area contributed by atoms with E-state index in [4.69, 9.17) is 0 Å². The van der Waals surface area contributed by atoms with Crippen molar-refractivity contribution in [3.05, 3.63) is 29.6 Å². The van der Waals surface area contributed by atoms with Crippen molar-refractivity contribution in [2.45, 2.75) is 39.7 Å². The lowest BCUT2D eigenvalue weighted by molar-refractivity contribution is 0.608. The largest absolute Gasteiger partial charge is 0.380 e. The molecule has 1 aromatic rings. The number of halogens is 1. The SMILES string of the molecule is CCC(CC)Nc1cccc(C)c1F. The van der Waals surface area contributed by atoms with E-state index < -0.39 is 0 Å². The van der Waals surface area contributed by atoms with Crippen LogP contribution in [0.3, 0.4) is 0 Å². The summed E-state index contributed by atoms with van der Waals surface area (Å²) in [5.41, 5.74) is 1.32. The third-order valence-electron chi connectivity index (χ3n) is 2.54. The molecular formula is C12H18FN. The molecule has 0 aromatic heterocycles. The van der Waals surface area contributed by atoms with E-state index in [9.17, 15) is 4.39 Å². The van der Waals surface area contributed by atoms with Crippen LogP contribution in [-0.4, -0.2) is 6.04 Å². The van der Waals surface area contributed by atoms with Crippen molar-refractivity contribution in [1.29, 1.82) is 0 Å². The van der Waals surface area contributed by atoms with Crippen molar-refractivity contribution in [2.24, 2.45) is 0 Å². The lowest BCUT2D eigenvalue weighted by Crippen LogP contribution is -2.17. The van der Waals surface area contributed by atoms with Crippen LogP contribution in [0, 0.1) is 12.7 Å². The van der Waals surface area contributed by atoms with Crippen molar-refractivity contribution < 1.29 is 4.39 Å². The molecule has 0 spiro atoms. The van der Waals surface area contributed by atoms with Gasteiger partial charge in [-0.15, -0.1) is 0 Å². The lowest BCUT2D eigenvalue weighted by atomic mass is 10.1. The third kappa shape index (κ3) is 2.47. The second-order valence-electron chi connectivity index (χ2n) is 3.59. The summed E-state index contributed by atoms with van der Waals surface area (Å²) in [6, 6.07) is 5.82.